The molecule has 0 saturated carbocycles. The molecule has 3 N–H and O–H groups in total. The van der Waals surface area contributed by atoms with Crippen molar-refractivity contribution in [2.45, 2.75) is 11.3 Å². The van der Waals surface area contributed by atoms with E-state index in [-0.39, 0.29) is 29.3 Å². The van der Waals surface area contributed by atoms with Crippen LogP contribution in [0.1, 0.15) is 12.0 Å². The van der Waals surface area contributed by atoms with Gasteiger partial charge in [-0.05, 0) is 18.2 Å². The molecule has 1 amide bonds. The zero-order valence-corrected chi connectivity index (χ0v) is 12.1. The highest BCUT2D eigenvalue weighted by Crippen LogP contribution is 2.21. The second-order valence-electron chi connectivity index (χ2n) is 4.12. The Hall–Kier alpha value is -2.11. The summed E-state index contributed by atoms with van der Waals surface area (Å²) in [7, 11) is -0.993. The number of hydrogen-bond acceptors (Lipinski definition) is 5. The van der Waals surface area contributed by atoms with E-state index in [9.17, 15) is 13.2 Å². The Kier molecular flexibility index (Phi) is 5.07. The van der Waals surface area contributed by atoms with Crippen molar-refractivity contribution in [3.05, 3.63) is 23.8 Å². The van der Waals surface area contributed by atoms with Crippen LogP contribution in [0.15, 0.2) is 23.1 Å². The van der Waals surface area contributed by atoms with Crippen molar-refractivity contribution >= 4 is 21.6 Å². The predicted molar refractivity (Wildman–Crippen MR) is 74.1 cm³/mol. The molecule has 0 heterocycles. The zero-order chi connectivity index (χ0) is 15.3. The van der Waals surface area contributed by atoms with Gasteiger partial charge in [0.1, 0.15) is 11.0 Å². The first-order chi connectivity index (χ1) is 9.32. The number of hydrogen-bond donors (Lipinski definition) is 2. The zero-order valence-electron chi connectivity index (χ0n) is 11.3. The summed E-state index contributed by atoms with van der Waals surface area (Å²) in [4.78, 5) is 11.0. The van der Waals surface area contributed by atoms with Gasteiger partial charge in [0, 0.05) is 32.7 Å². The molecule has 8 heteroatoms. The Morgan fingerprint density at radius 3 is 2.70 bits per heavy atom. The van der Waals surface area contributed by atoms with E-state index in [0.29, 0.717) is 5.69 Å². The minimum Gasteiger partial charge on any atom is -0.399 e. The molecule has 0 spiro atoms. The largest absolute Gasteiger partial charge is 0.399 e. The van der Waals surface area contributed by atoms with Crippen molar-refractivity contribution in [1.29, 1.82) is 5.26 Å². The first-order valence-electron chi connectivity index (χ1n) is 5.79. The third kappa shape index (κ3) is 3.46. The summed E-state index contributed by atoms with van der Waals surface area (Å²) in [5, 5.41) is 11.4. The molecule has 0 saturated heterocycles. The standard InChI is InChI=1S/C12H16N4O3S/c1-15-12(17)5-6-16(2)20(18,19)11-4-3-10(14)7-9(11)8-13/h3-4,7H,5-6,14H2,1-2H3,(H,15,17). The Labute approximate surface area is 118 Å². The van der Waals surface area contributed by atoms with Gasteiger partial charge in [0.15, 0.2) is 0 Å². The number of nitrogen functional groups attached to an aromatic ring is 1. The molecule has 7 nitrogen and oxygen atoms in total. The Balaban J connectivity index is 3.05. The first kappa shape index (κ1) is 15.9. The third-order valence-corrected chi connectivity index (χ3v) is 4.66. The molecule has 108 valence electrons. The third-order valence-electron chi connectivity index (χ3n) is 2.74. The average molecular weight is 296 g/mol. The molecule has 0 aliphatic heterocycles. The van der Waals surface area contributed by atoms with Crippen molar-refractivity contribution in [2.75, 3.05) is 26.4 Å². The van der Waals surface area contributed by atoms with Gasteiger partial charge in [-0.25, -0.2) is 12.7 Å². The van der Waals surface area contributed by atoms with E-state index < -0.39 is 10.0 Å². The fraction of sp³-hybridized carbons (Fsp3) is 0.333. The van der Waals surface area contributed by atoms with Gasteiger partial charge in [0.05, 0.1) is 5.56 Å². The number of carbonyl (C=O) groups excluding carboxylic acids is 1. The Morgan fingerprint density at radius 1 is 1.50 bits per heavy atom. The van der Waals surface area contributed by atoms with Crippen LogP contribution in [0.3, 0.4) is 0 Å². The topological polar surface area (TPSA) is 116 Å². The molecule has 0 fully saturated rings. The van der Waals surface area contributed by atoms with E-state index in [1.807, 2.05) is 6.07 Å². The molecule has 0 aliphatic carbocycles. The minimum absolute atomic E-state index is 0.0169. The molecule has 0 unspecified atom stereocenters. The Bertz CT molecular complexity index is 649. The van der Waals surface area contributed by atoms with Crippen LogP contribution in [0.4, 0.5) is 5.69 Å². The van der Waals surface area contributed by atoms with E-state index >= 15 is 0 Å². The number of sulfonamides is 1. The number of anilines is 1. The SMILES string of the molecule is CNC(=O)CCN(C)S(=O)(=O)c1ccc(N)cc1C#N. The summed E-state index contributed by atoms with van der Waals surface area (Å²) < 4.78 is 25.7. The summed E-state index contributed by atoms with van der Waals surface area (Å²) in [6.07, 6.45) is 0.0447. The fourth-order valence-corrected chi connectivity index (χ4v) is 2.82. The molecular formula is C12H16N4O3S. The number of benzene rings is 1. The number of carbonyl (C=O) groups is 1. The average Bonchev–Trinajstić information content (AvgIpc) is 2.43. The van der Waals surface area contributed by atoms with Crippen LogP contribution in [-0.4, -0.2) is 39.3 Å². The smallest absolute Gasteiger partial charge is 0.244 e. The maximum atomic E-state index is 12.3. The highest BCUT2D eigenvalue weighted by Gasteiger charge is 2.24. The lowest BCUT2D eigenvalue weighted by Crippen LogP contribution is -2.31. The lowest BCUT2D eigenvalue weighted by molar-refractivity contribution is -0.120. The van der Waals surface area contributed by atoms with E-state index in [4.69, 9.17) is 11.0 Å². The number of rotatable bonds is 5. The first-order valence-corrected chi connectivity index (χ1v) is 7.23. The highest BCUT2D eigenvalue weighted by atomic mass is 32.2. The molecule has 0 bridgehead atoms. The summed E-state index contributed by atoms with van der Waals surface area (Å²) in [5.41, 5.74) is 5.82. The molecule has 0 radical (unpaired) electrons. The fourth-order valence-electron chi connectivity index (χ4n) is 1.53. The van der Waals surface area contributed by atoms with Gasteiger partial charge in [-0.3, -0.25) is 4.79 Å². The molecule has 1 rings (SSSR count). The van der Waals surface area contributed by atoms with Crippen LogP contribution >= 0.6 is 0 Å². The second kappa shape index (κ2) is 6.36. The van der Waals surface area contributed by atoms with Crippen LogP contribution in [-0.2, 0) is 14.8 Å². The van der Waals surface area contributed by atoms with E-state index in [1.165, 1.54) is 32.3 Å². The van der Waals surface area contributed by atoms with Gasteiger partial charge in [-0.1, -0.05) is 0 Å². The molecular weight excluding hydrogens is 280 g/mol. The van der Waals surface area contributed by atoms with Crippen molar-refractivity contribution in [3.63, 3.8) is 0 Å². The maximum Gasteiger partial charge on any atom is 0.244 e. The number of nitrogens with one attached hydrogen (secondary N) is 1. The van der Waals surface area contributed by atoms with Crippen LogP contribution in [0.2, 0.25) is 0 Å². The normalized spacial score (nSPS) is 11.1. The quantitative estimate of drug-likeness (QED) is 0.736. The van der Waals surface area contributed by atoms with E-state index in [1.54, 1.807) is 0 Å². The number of nitrogens with two attached hydrogens (primary N) is 1. The van der Waals surface area contributed by atoms with Gasteiger partial charge in [0.2, 0.25) is 15.9 Å². The van der Waals surface area contributed by atoms with E-state index in [0.717, 1.165) is 4.31 Å². The lowest BCUT2D eigenvalue weighted by Gasteiger charge is -2.17. The van der Waals surface area contributed by atoms with Crippen LogP contribution in [0.5, 0.6) is 0 Å². The maximum absolute atomic E-state index is 12.3. The minimum atomic E-state index is -3.83. The van der Waals surface area contributed by atoms with Crippen molar-refractivity contribution in [3.8, 4) is 6.07 Å². The number of nitriles is 1. The van der Waals surface area contributed by atoms with Crippen LogP contribution in [0, 0.1) is 11.3 Å². The summed E-state index contributed by atoms with van der Waals surface area (Å²) in [6, 6.07) is 5.82. The molecule has 20 heavy (non-hydrogen) atoms. The molecule has 0 atom stereocenters. The van der Waals surface area contributed by atoms with Gasteiger partial charge in [-0.15, -0.1) is 0 Å². The molecule has 0 aromatic heterocycles. The van der Waals surface area contributed by atoms with Gasteiger partial charge in [-0.2, -0.15) is 5.26 Å². The van der Waals surface area contributed by atoms with Gasteiger partial charge >= 0.3 is 0 Å². The van der Waals surface area contributed by atoms with Crippen molar-refractivity contribution in [1.82, 2.24) is 9.62 Å². The molecule has 1 aromatic rings. The summed E-state index contributed by atoms with van der Waals surface area (Å²) >= 11 is 0. The van der Waals surface area contributed by atoms with E-state index in [2.05, 4.69) is 5.32 Å². The predicted octanol–water partition coefficient (Wildman–Crippen LogP) is -0.103. The lowest BCUT2D eigenvalue weighted by atomic mass is 10.2. The second-order valence-corrected chi connectivity index (χ2v) is 6.13. The Morgan fingerprint density at radius 2 is 2.15 bits per heavy atom. The van der Waals surface area contributed by atoms with Crippen molar-refractivity contribution < 1.29 is 13.2 Å². The van der Waals surface area contributed by atoms with Crippen LogP contribution in [0.25, 0.3) is 0 Å². The number of amides is 1. The van der Waals surface area contributed by atoms with Crippen molar-refractivity contribution in [2.24, 2.45) is 0 Å². The highest BCUT2D eigenvalue weighted by molar-refractivity contribution is 7.89. The van der Waals surface area contributed by atoms with Gasteiger partial charge in [0.25, 0.3) is 0 Å². The van der Waals surface area contributed by atoms with Crippen LogP contribution < -0.4 is 11.1 Å². The summed E-state index contributed by atoms with van der Waals surface area (Å²) in [6.45, 7) is 0.0251. The molecule has 0 aliphatic rings. The summed E-state index contributed by atoms with van der Waals surface area (Å²) in [5.74, 6) is -0.259. The monoisotopic (exact) mass is 296 g/mol. The molecule has 1 aromatic carbocycles. The van der Waals surface area contributed by atoms with Gasteiger partial charge < -0.3 is 11.1 Å². The number of nitrogens with zero attached hydrogens (tertiary/aromatic N) is 2.